The van der Waals surface area contributed by atoms with E-state index in [0.29, 0.717) is 17.7 Å². The van der Waals surface area contributed by atoms with Gasteiger partial charge in [-0.15, -0.1) is 0 Å². The maximum atomic E-state index is 13.5. The molecular weight excluding hydrogens is 398 g/mol. The number of ether oxygens (including phenoxy) is 1. The van der Waals surface area contributed by atoms with Crippen LogP contribution in [0.1, 0.15) is 131 Å². The summed E-state index contributed by atoms with van der Waals surface area (Å²) in [5, 5.41) is 0. The van der Waals surface area contributed by atoms with Gasteiger partial charge in [0.15, 0.2) is 0 Å². The van der Waals surface area contributed by atoms with Crippen molar-refractivity contribution in [2.75, 3.05) is 19.7 Å². The molecule has 32 heavy (non-hydrogen) atoms. The third kappa shape index (κ3) is 11.7. The molecule has 0 atom stereocenters. The second-order valence-corrected chi connectivity index (χ2v) is 8.86. The lowest BCUT2D eigenvalue weighted by Crippen LogP contribution is -2.34. The van der Waals surface area contributed by atoms with Crippen LogP contribution in [0.2, 0.25) is 0 Å². The average molecular weight is 446 g/mol. The van der Waals surface area contributed by atoms with Crippen molar-refractivity contribution in [1.29, 1.82) is 0 Å². The Bertz CT molecular complexity index is 613. The van der Waals surface area contributed by atoms with Crippen molar-refractivity contribution in [1.82, 2.24) is 4.90 Å². The van der Waals surface area contributed by atoms with Gasteiger partial charge in [-0.1, -0.05) is 104 Å². The van der Waals surface area contributed by atoms with Gasteiger partial charge in [0, 0.05) is 13.1 Å². The minimum atomic E-state index is -0.388. The topological polar surface area (TPSA) is 46.6 Å². The van der Waals surface area contributed by atoms with Crippen LogP contribution in [0.5, 0.6) is 0 Å². The summed E-state index contributed by atoms with van der Waals surface area (Å²) in [5.41, 5.74) is 0.871. The molecule has 0 fully saturated rings. The molecule has 0 aromatic heterocycles. The van der Waals surface area contributed by atoms with Crippen molar-refractivity contribution < 1.29 is 14.3 Å². The smallest absolute Gasteiger partial charge is 0.338 e. The summed E-state index contributed by atoms with van der Waals surface area (Å²) in [6, 6.07) is 7.13. The summed E-state index contributed by atoms with van der Waals surface area (Å²) >= 11 is 0. The van der Waals surface area contributed by atoms with E-state index in [9.17, 15) is 9.59 Å². The Morgan fingerprint density at radius 3 is 1.66 bits per heavy atom. The largest absolute Gasteiger partial charge is 0.462 e. The molecule has 0 aliphatic carbocycles. The predicted octanol–water partition coefficient (Wildman–Crippen LogP) is 7.81. The first-order valence-corrected chi connectivity index (χ1v) is 13.2. The number of nitrogens with zero attached hydrogens (tertiary/aromatic N) is 1. The van der Waals surface area contributed by atoms with Crippen LogP contribution in [0.3, 0.4) is 0 Å². The molecule has 1 rings (SSSR count). The highest BCUT2D eigenvalue weighted by Crippen LogP contribution is 2.16. The summed E-state index contributed by atoms with van der Waals surface area (Å²) in [6.45, 7) is 8.44. The lowest BCUT2D eigenvalue weighted by Gasteiger charge is -2.24. The number of carbonyl (C=O) groups is 2. The highest BCUT2D eigenvalue weighted by atomic mass is 16.5. The number of esters is 1. The third-order valence-electron chi connectivity index (χ3n) is 5.96. The van der Waals surface area contributed by atoms with Crippen LogP contribution in [-0.4, -0.2) is 36.5 Å². The summed E-state index contributed by atoms with van der Waals surface area (Å²) in [5.74, 6) is -0.420. The number of amides is 1. The van der Waals surface area contributed by atoms with Gasteiger partial charge in [-0.2, -0.15) is 0 Å². The zero-order valence-corrected chi connectivity index (χ0v) is 21.0. The zero-order valence-electron chi connectivity index (χ0n) is 21.0. The van der Waals surface area contributed by atoms with Gasteiger partial charge >= 0.3 is 5.97 Å². The number of hydrogen-bond donors (Lipinski definition) is 0. The molecule has 0 radical (unpaired) electrons. The van der Waals surface area contributed by atoms with Gasteiger partial charge < -0.3 is 9.64 Å². The van der Waals surface area contributed by atoms with Crippen LogP contribution in [0, 0.1) is 0 Å². The lowest BCUT2D eigenvalue weighted by molar-refractivity contribution is 0.0492. The SMILES string of the molecule is CCCCCCCCN(CCCCCCCC)C(=O)c1ccccc1C(=O)OCCCC. The van der Waals surface area contributed by atoms with E-state index < -0.39 is 0 Å². The molecular formula is C28H47NO3. The number of unbranched alkanes of at least 4 members (excludes halogenated alkanes) is 11. The molecule has 1 aromatic rings. The minimum Gasteiger partial charge on any atom is -0.462 e. The highest BCUT2D eigenvalue weighted by molar-refractivity contribution is 6.05. The molecule has 1 aromatic carbocycles. The first-order chi connectivity index (χ1) is 15.7. The molecule has 0 heterocycles. The van der Waals surface area contributed by atoms with E-state index in [-0.39, 0.29) is 11.9 Å². The predicted molar refractivity (Wildman–Crippen MR) is 134 cm³/mol. The molecule has 1 amide bonds. The van der Waals surface area contributed by atoms with Crippen molar-refractivity contribution in [2.45, 2.75) is 111 Å². The van der Waals surface area contributed by atoms with Crippen LogP contribution in [0.25, 0.3) is 0 Å². The lowest BCUT2D eigenvalue weighted by atomic mass is 10.0. The van der Waals surface area contributed by atoms with Crippen LogP contribution < -0.4 is 0 Å². The molecule has 0 aliphatic rings. The number of rotatable bonds is 19. The molecule has 0 spiro atoms. The minimum absolute atomic E-state index is 0.0323. The highest BCUT2D eigenvalue weighted by Gasteiger charge is 2.22. The maximum Gasteiger partial charge on any atom is 0.338 e. The van der Waals surface area contributed by atoms with Crippen molar-refractivity contribution >= 4 is 11.9 Å². The van der Waals surface area contributed by atoms with Gasteiger partial charge in [-0.05, 0) is 31.4 Å². The van der Waals surface area contributed by atoms with Crippen molar-refractivity contribution in [3.05, 3.63) is 35.4 Å². The first kappa shape index (κ1) is 28.2. The summed E-state index contributed by atoms with van der Waals surface area (Å²) in [4.78, 5) is 28.0. The Morgan fingerprint density at radius 2 is 1.12 bits per heavy atom. The zero-order chi connectivity index (χ0) is 23.4. The van der Waals surface area contributed by atoms with E-state index in [1.807, 2.05) is 11.0 Å². The summed E-state index contributed by atoms with van der Waals surface area (Å²) in [6.07, 6.45) is 16.2. The van der Waals surface area contributed by atoms with Gasteiger partial charge in [-0.25, -0.2) is 4.79 Å². The second-order valence-electron chi connectivity index (χ2n) is 8.86. The Morgan fingerprint density at radius 1 is 0.656 bits per heavy atom. The van der Waals surface area contributed by atoms with Crippen LogP contribution in [0.15, 0.2) is 24.3 Å². The van der Waals surface area contributed by atoms with E-state index in [2.05, 4.69) is 20.8 Å². The monoisotopic (exact) mass is 445 g/mol. The van der Waals surface area contributed by atoms with E-state index in [1.54, 1.807) is 18.2 Å². The van der Waals surface area contributed by atoms with Gasteiger partial charge in [0.2, 0.25) is 0 Å². The van der Waals surface area contributed by atoms with Gasteiger partial charge in [0.1, 0.15) is 0 Å². The quantitative estimate of drug-likeness (QED) is 0.161. The standard InChI is InChI=1S/C28H47NO3/c1-4-7-10-12-14-18-22-29(23-19-15-13-11-8-5-2)27(30)25-20-16-17-21-26(25)28(31)32-24-9-6-3/h16-17,20-21H,4-15,18-19,22-24H2,1-3H3. The van der Waals surface area contributed by atoms with E-state index in [0.717, 1.165) is 51.6 Å². The number of benzene rings is 1. The fraction of sp³-hybridized carbons (Fsp3) is 0.714. The van der Waals surface area contributed by atoms with Gasteiger partial charge in [-0.3, -0.25) is 4.79 Å². The molecule has 0 saturated heterocycles. The van der Waals surface area contributed by atoms with Gasteiger partial charge in [0.25, 0.3) is 5.91 Å². The molecule has 0 N–H and O–H groups in total. The maximum absolute atomic E-state index is 13.5. The van der Waals surface area contributed by atoms with Crippen molar-refractivity contribution in [3.8, 4) is 0 Å². The Labute approximate surface area is 197 Å². The average Bonchev–Trinajstić information content (AvgIpc) is 2.81. The summed E-state index contributed by atoms with van der Waals surface area (Å²) in [7, 11) is 0. The number of hydrogen-bond acceptors (Lipinski definition) is 3. The Hall–Kier alpha value is -1.84. The molecule has 0 aliphatic heterocycles. The van der Waals surface area contributed by atoms with E-state index >= 15 is 0 Å². The molecule has 0 bridgehead atoms. The molecule has 182 valence electrons. The van der Waals surface area contributed by atoms with Crippen LogP contribution in [-0.2, 0) is 4.74 Å². The van der Waals surface area contributed by atoms with E-state index in [1.165, 1.54) is 51.4 Å². The molecule has 4 nitrogen and oxygen atoms in total. The van der Waals surface area contributed by atoms with Crippen LogP contribution >= 0.6 is 0 Å². The number of carbonyl (C=O) groups excluding carboxylic acids is 2. The first-order valence-electron chi connectivity index (χ1n) is 13.2. The Balaban J connectivity index is 2.76. The second kappa shape index (κ2) is 18.7. The molecule has 0 saturated carbocycles. The fourth-order valence-electron chi connectivity index (χ4n) is 3.89. The van der Waals surface area contributed by atoms with Crippen molar-refractivity contribution in [2.24, 2.45) is 0 Å². The summed E-state index contributed by atoms with van der Waals surface area (Å²) < 4.78 is 5.40. The molecule has 4 heteroatoms. The fourth-order valence-corrected chi connectivity index (χ4v) is 3.89. The van der Waals surface area contributed by atoms with Gasteiger partial charge in [0.05, 0.1) is 17.7 Å². The normalized spacial score (nSPS) is 10.8. The third-order valence-corrected chi connectivity index (χ3v) is 5.96. The molecule has 0 unspecified atom stereocenters. The van der Waals surface area contributed by atoms with Crippen molar-refractivity contribution in [3.63, 3.8) is 0 Å². The Kier molecular flexibility index (Phi) is 16.5. The van der Waals surface area contributed by atoms with Crippen LogP contribution in [0.4, 0.5) is 0 Å². The van der Waals surface area contributed by atoms with E-state index in [4.69, 9.17) is 4.74 Å².